The molecule has 1 aromatic carbocycles. The lowest BCUT2D eigenvalue weighted by Gasteiger charge is -2.15. The number of amides is 1. The van der Waals surface area contributed by atoms with E-state index in [4.69, 9.17) is 20.3 Å². The Morgan fingerprint density at radius 3 is 2.61 bits per heavy atom. The van der Waals surface area contributed by atoms with Gasteiger partial charge in [-0.25, -0.2) is 0 Å². The molecule has 0 aromatic heterocycles. The topological polar surface area (TPSA) is 93.8 Å². The lowest BCUT2D eigenvalue weighted by Crippen LogP contribution is -2.35. The van der Waals surface area contributed by atoms with Gasteiger partial charge in [-0.1, -0.05) is 0 Å². The molecule has 6 heteroatoms. The second-order valence-electron chi connectivity index (χ2n) is 3.85. The van der Waals surface area contributed by atoms with E-state index in [0.29, 0.717) is 11.5 Å². The smallest absolute Gasteiger partial charge is 0.253 e. The minimum atomic E-state index is -0.383. The van der Waals surface area contributed by atoms with Gasteiger partial charge in [0.25, 0.3) is 5.91 Å². The maximum atomic E-state index is 12.0. The second kappa shape index (κ2) is 6.11. The minimum absolute atomic E-state index is 0.146. The van der Waals surface area contributed by atoms with Gasteiger partial charge in [-0.2, -0.15) is 0 Å². The normalized spacial score (nSPS) is 11.8. The number of hydrogen-bond donors (Lipinski definition) is 3. The summed E-state index contributed by atoms with van der Waals surface area (Å²) >= 11 is 0. The van der Waals surface area contributed by atoms with Crippen molar-refractivity contribution in [1.29, 1.82) is 0 Å². The number of carbonyl (C=O) groups is 1. The molecule has 0 aliphatic rings. The third kappa shape index (κ3) is 3.04. The fourth-order valence-corrected chi connectivity index (χ4v) is 1.42. The summed E-state index contributed by atoms with van der Waals surface area (Å²) in [7, 11) is 2.95. The van der Waals surface area contributed by atoms with Crippen LogP contribution in [0.25, 0.3) is 0 Å². The molecule has 1 amide bonds. The molecule has 0 spiro atoms. The molecule has 1 rings (SSSR count). The number of nitrogens with two attached hydrogens (primary N) is 1. The first-order valence-corrected chi connectivity index (χ1v) is 5.46. The molecule has 0 saturated carbocycles. The maximum Gasteiger partial charge on any atom is 0.253 e. The zero-order valence-corrected chi connectivity index (χ0v) is 10.7. The number of benzene rings is 1. The minimum Gasteiger partial charge on any atom is -0.497 e. The van der Waals surface area contributed by atoms with E-state index in [2.05, 4.69) is 5.32 Å². The molecule has 0 unspecified atom stereocenters. The third-order valence-corrected chi connectivity index (χ3v) is 2.47. The summed E-state index contributed by atoms with van der Waals surface area (Å²) in [4.78, 5) is 12.0. The monoisotopic (exact) mass is 254 g/mol. The van der Waals surface area contributed by atoms with Gasteiger partial charge in [0.2, 0.25) is 0 Å². The quantitative estimate of drug-likeness (QED) is 0.661. The first-order chi connectivity index (χ1) is 8.53. The molecule has 0 radical (unpaired) electrons. The van der Waals surface area contributed by atoms with Gasteiger partial charge >= 0.3 is 0 Å². The van der Waals surface area contributed by atoms with Crippen LogP contribution in [0.2, 0.25) is 0 Å². The molecule has 0 saturated heterocycles. The molecular formula is C12H18N2O4. The Labute approximate surface area is 106 Å². The highest BCUT2D eigenvalue weighted by molar-refractivity contribution is 6.01. The summed E-state index contributed by atoms with van der Waals surface area (Å²) in [5.41, 5.74) is 6.32. The summed E-state index contributed by atoms with van der Waals surface area (Å²) < 4.78 is 10.1. The van der Waals surface area contributed by atoms with E-state index in [1.165, 1.54) is 20.3 Å². The van der Waals surface area contributed by atoms with Crippen molar-refractivity contribution >= 4 is 11.6 Å². The molecule has 0 bridgehead atoms. The molecule has 0 fully saturated rings. The van der Waals surface area contributed by atoms with Crippen LogP contribution in [0.1, 0.15) is 17.3 Å². The molecule has 0 heterocycles. The number of nitrogens with one attached hydrogen (secondary N) is 1. The van der Waals surface area contributed by atoms with Crippen LogP contribution in [0.15, 0.2) is 12.1 Å². The highest BCUT2D eigenvalue weighted by Crippen LogP contribution is 2.30. The molecule has 1 aromatic rings. The average molecular weight is 254 g/mol. The molecule has 1 atom stereocenters. The van der Waals surface area contributed by atoms with Crippen LogP contribution in [0.4, 0.5) is 5.69 Å². The Bertz CT molecular complexity index is 434. The van der Waals surface area contributed by atoms with Crippen LogP contribution >= 0.6 is 0 Å². The van der Waals surface area contributed by atoms with E-state index in [0.717, 1.165) is 0 Å². The zero-order chi connectivity index (χ0) is 13.7. The second-order valence-corrected chi connectivity index (χ2v) is 3.85. The van der Waals surface area contributed by atoms with Crippen LogP contribution in [0, 0.1) is 0 Å². The van der Waals surface area contributed by atoms with Gasteiger partial charge in [0, 0.05) is 12.1 Å². The van der Waals surface area contributed by atoms with Crippen molar-refractivity contribution in [3.63, 3.8) is 0 Å². The first kappa shape index (κ1) is 14.1. The number of ether oxygens (including phenoxy) is 2. The SMILES string of the molecule is COc1cc(OC)c(N)c(C(=O)N[C@@H](C)CO)c1. The van der Waals surface area contributed by atoms with Gasteiger partial charge in [0.1, 0.15) is 11.5 Å². The third-order valence-electron chi connectivity index (χ3n) is 2.47. The fraction of sp³-hybridized carbons (Fsp3) is 0.417. The Morgan fingerprint density at radius 1 is 1.44 bits per heavy atom. The number of aliphatic hydroxyl groups excluding tert-OH is 1. The average Bonchev–Trinajstić information content (AvgIpc) is 2.38. The Kier molecular flexibility index (Phi) is 4.79. The summed E-state index contributed by atoms with van der Waals surface area (Å²) in [5.74, 6) is 0.463. The number of rotatable bonds is 5. The van der Waals surface area contributed by atoms with Crippen LogP contribution in [0.5, 0.6) is 11.5 Å². The summed E-state index contributed by atoms with van der Waals surface area (Å²) in [6.07, 6.45) is 0. The number of methoxy groups -OCH3 is 2. The van der Waals surface area contributed by atoms with Crippen LogP contribution in [0.3, 0.4) is 0 Å². The zero-order valence-electron chi connectivity index (χ0n) is 10.7. The van der Waals surface area contributed by atoms with Gasteiger partial charge in [0.05, 0.1) is 32.1 Å². The lowest BCUT2D eigenvalue weighted by molar-refractivity contribution is 0.0922. The van der Waals surface area contributed by atoms with Crippen molar-refractivity contribution in [2.45, 2.75) is 13.0 Å². The Morgan fingerprint density at radius 2 is 2.11 bits per heavy atom. The van der Waals surface area contributed by atoms with Gasteiger partial charge in [-0.15, -0.1) is 0 Å². The van der Waals surface area contributed by atoms with Crippen molar-refractivity contribution in [2.75, 3.05) is 26.6 Å². The van der Waals surface area contributed by atoms with Crippen LogP contribution in [-0.4, -0.2) is 37.9 Å². The van der Waals surface area contributed by atoms with E-state index in [-0.39, 0.29) is 29.8 Å². The lowest BCUT2D eigenvalue weighted by atomic mass is 10.1. The fourth-order valence-electron chi connectivity index (χ4n) is 1.42. The van der Waals surface area contributed by atoms with Gasteiger partial charge in [-0.3, -0.25) is 4.79 Å². The Hall–Kier alpha value is -1.95. The molecule has 100 valence electrons. The van der Waals surface area contributed by atoms with E-state index in [1.54, 1.807) is 13.0 Å². The highest BCUT2D eigenvalue weighted by Gasteiger charge is 2.17. The number of hydrogen-bond acceptors (Lipinski definition) is 5. The molecule has 4 N–H and O–H groups in total. The van der Waals surface area contributed by atoms with Crippen molar-refractivity contribution in [1.82, 2.24) is 5.32 Å². The summed E-state index contributed by atoms with van der Waals surface area (Å²) in [5, 5.41) is 11.5. The first-order valence-electron chi connectivity index (χ1n) is 5.46. The van der Waals surface area contributed by atoms with Crippen LogP contribution in [-0.2, 0) is 0 Å². The predicted octanol–water partition coefficient (Wildman–Crippen LogP) is 0.397. The molecule has 18 heavy (non-hydrogen) atoms. The maximum absolute atomic E-state index is 12.0. The number of aliphatic hydroxyl groups is 1. The van der Waals surface area contributed by atoms with Crippen molar-refractivity contribution in [2.24, 2.45) is 0 Å². The van der Waals surface area contributed by atoms with Gasteiger partial charge in [-0.05, 0) is 13.0 Å². The molecular weight excluding hydrogens is 236 g/mol. The predicted molar refractivity (Wildman–Crippen MR) is 68.0 cm³/mol. The number of carbonyl (C=O) groups excluding carboxylic acids is 1. The van der Waals surface area contributed by atoms with Crippen molar-refractivity contribution in [3.8, 4) is 11.5 Å². The summed E-state index contributed by atoms with van der Waals surface area (Å²) in [6.45, 7) is 1.54. The molecule has 0 aliphatic carbocycles. The number of anilines is 1. The van der Waals surface area contributed by atoms with E-state index < -0.39 is 0 Å². The largest absolute Gasteiger partial charge is 0.497 e. The number of nitrogen functional groups attached to an aromatic ring is 1. The van der Waals surface area contributed by atoms with Crippen LogP contribution < -0.4 is 20.5 Å². The highest BCUT2D eigenvalue weighted by atomic mass is 16.5. The standard InChI is InChI=1S/C12H18N2O4/c1-7(6-15)14-12(16)9-4-8(17-2)5-10(18-3)11(9)13/h4-5,7,15H,6,13H2,1-3H3,(H,14,16)/t7-/m0/s1. The van der Waals surface area contributed by atoms with Gasteiger partial charge < -0.3 is 25.6 Å². The van der Waals surface area contributed by atoms with E-state index in [1.807, 2.05) is 0 Å². The van der Waals surface area contributed by atoms with Crippen molar-refractivity contribution in [3.05, 3.63) is 17.7 Å². The summed E-state index contributed by atoms with van der Waals surface area (Å²) in [6, 6.07) is 2.77. The van der Waals surface area contributed by atoms with Crippen molar-refractivity contribution < 1.29 is 19.4 Å². The van der Waals surface area contributed by atoms with E-state index >= 15 is 0 Å². The molecule has 6 nitrogen and oxygen atoms in total. The van der Waals surface area contributed by atoms with Gasteiger partial charge in [0.15, 0.2) is 0 Å². The molecule has 0 aliphatic heterocycles. The Balaban J connectivity index is 3.10. The van der Waals surface area contributed by atoms with E-state index in [9.17, 15) is 4.79 Å².